The molecule has 0 aliphatic carbocycles. The van der Waals surface area contributed by atoms with E-state index in [9.17, 15) is 4.79 Å². The zero-order valence-electron chi connectivity index (χ0n) is 13.8. The average Bonchev–Trinajstić information content (AvgIpc) is 3.02. The van der Waals surface area contributed by atoms with E-state index in [2.05, 4.69) is 26.0 Å². The molecule has 2 N–H and O–H groups in total. The molecule has 0 spiro atoms. The van der Waals surface area contributed by atoms with Crippen molar-refractivity contribution in [2.45, 2.75) is 13.8 Å². The molecule has 0 bridgehead atoms. The largest absolute Gasteiger partial charge is 0.494 e. The predicted molar refractivity (Wildman–Crippen MR) is 92.1 cm³/mol. The number of hydrogen-bond acceptors (Lipinski definition) is 7. The van der Waals surface area contributed by atoms with Crippen LogP contribution in [0.1, 0.15) is 23.2 Å². The van der Waals surface area contributed by atoms with Crippen molar-refractivity contribution in [1.29, 1.82) is 0 Å². The van der Waals surface area contributed by atoms with Crippen molar-refractivity contribution in [1.82, 2.24) is 15.4 Å². The second-order valence-electron chi connectivity index (χ2n) is 5.16. The summed E-state index contributed by atoms with van der Waals surface area (Å²) in [7, 11) is 0. The SMILES string of the molecule is CCOc1ccc(Nc2ccc(C(=O)Nc3cc(C)on3)nn2)cc1. The summed E-state index contributed by atoms with van der Waals surface area (Å²) < 4.78 is 10.3. The lowest BCUT2D eigenvalue weighted by molar-refractivity contribution is 0.102. The molecule has 8 heteroatoms. The highest BCUT2D eigenvalue weighted by atomic mass is 16.5. The molecule has 0 fully saturated rings. The third-order valence-electron chi connectivity index (χ3n) is 3.20. The molecule has 0 aliphatic rings. The van der Waals surface area contributed by atoms with E-state index in [1.807, 2.05) is 31.2 Å². The van der Waals surface area contributed by atoms with Gasteiger partial charge in [0.25, 0.3) is 5.91 Å². The van der Waals surface area contributed by atoms with Crippen LogP contribution in [-0.2, 0) is 0 Å². The Morgan fingerprint density at radius 3 is 2.52 bits per heavy atom. The van der Waals surface area contributed by atoms with E-state index in [1.54, 1.807) is 25.1 Å². The first kappa shape index (κ1) is 16.4. The standard InChI is InChI=1S/C17H17N5O3/c1-3-24-13-6-4-12(5-7-13)18-15-9-8-14(20-21-15)17(23)19-16-10-11(2)25-22-16/h4-10H,3H2,1-2H3,(H,18,21)(H,19,22,23). The number of nitrogens with zero attached hydrogens (tertiary/aromatic N) is 3. The van der Waals surface area contributed by atoms with Crippen LogP contribution < -0.4 is 15.4 Å². The molecule has 8 nitrogen and oxygen atoms in total. The van der Waals surface area contributed by atoms with Gasteiger partial charge >= 0.3 is 0 Å². The van der Waals surface area contributed by atoms with Crippen LogP contribution in [0, 0.1) is 6.92 Å². The number of nitrogens with one attached hydrogen (secondary N) is 2. The van der Waals surface area contributed by atoms with Crippen molar-refractivity contribution in [3.05, 3.63) is 53.9 Å². The minimum Gasteiger partial charge on any atom is -0.494 e. The van der Waals surface area contributed by atoms with Gasteiger partial charge in [0.1, 0.15) is 11.5 Å². The number of carbonyl (C=O) groups excluding carboxylic acids is 1. The van der Waals surface area contributed by atoms with Gasteiger partial charge < -0.3 is 19.9 Å². The molecule has 0 saturated carbocycles. The summed E-state index contributed by atoms with van der Waals surface area (Å²) in [5.74, 6) is 1.86. The van der Waals surface area contributed by atoms with Gasteiger partial charge in [0.05, 0.1) is 6.61 Å². The van der Waals surface area contributed by atoms with Crippen LogP contribution in [0.2, 0.25) is 0 Å². The van der Waals surface area contributed by atoms with Gasteiger partial charge in [0, 0.05) is 11.8 Å². The summed E-state index contributed by atoms with van der Waals surface area (Å²) in [4.78, 5) is 12.1. The number of anilines is 3. The highest BCUT2D eigenvalue weighted by molar-refractivity contribution is 6.02. The first-order chi connectivity index (χ1) is 12.1. The number of amides is 1. The summed E-state index contributed by atoms with van der Waals surface area (Å²) in [6.45, 7) is 4.29. The number of ether oxygens (including phenoxy) is 1. The quantitative estimate of drug-likeness (QED) is 0.711. The first-order valence-corrected chi connectivity index (χ1v) is 7.72. The lowest BCUT2D eigenvalue weighted by Gasteiger charge is -2.07. The average molecular weight is 339 g/mol. The van der Waals surface area contributed by atoms with Gasteiger partial charge in [-0.25, -0.2) is 0 Å². The van der Waals surface area contributed by atoms with Gasteiger partial charge in [-0.3, -0.25) is 4.79 Å². The molecule has 1 aromatic carbocycles. The summed E-state index contributed by atoms with van der Waals surface area (Å²) in [5.41, 5.74) is 1.02. The smallest absolute Gasteiger partial charge is 0.277 e. The van der Waals surface area contributed by atoms with E-state index in [1.165, 1.54) is 0 Å². The number of aromatic nitrogens is 3. The van der Waals surface area contributed by atoms with Crippen LogP contribution in [0.4, 0.5) is 17.3 Å². The predicted octanol–water partition coefficient (Wildman–Crippen LogP) is 3.17. The number of benzene rings is 1. The summed E-state index contributed by atoms with van der Waals surface area (Å²) in [5, 5.41) is 17.3. The maximum absolute atomic E-state index is 12.1. The van der Waals surface area contributed by atoms with E-state index < -0.39 is 5.91 Å². The molecule has 128 valence electrons. The van der Waals surface area contributed by atoms with Crippen molar-refractivity contribution in [3.63, 3.8) is 0 Å². The normalized spacial score (nSPS) is 10.3. The van der Waals surface area contributed by atoms with Crippen molar-refractivity contribution in [2.75, 3.05) is 17.2 Å². The van der Waals surface area contributed by atoms with Gasteiger partial charge in [0.15, 0.2) is 17.3 Å². The van der Waals surface area contributed by atoms with Crippen LogP contribution in [0.5, 0.6) is 5.75 Å². The highest BCUT2D eigenvalue weighted by Crippen LogP contribution is 2.18. The number of rotatable bonds is 6. The molecule has 0 unspecified atom stereocenters. The minimum atomic E-state index is -0.409. The van der Waals surface area contributed by atoms with Crippen molar-refractivity contribution >= 4 is 23.2 Å². The van der Waals surface area contributed by atoms with E-state index in [0.717, 1.165) is 11.4 Å². The molecule has 0 atom stereocenters. The Morgan fingerprint density at radius 2 is 1.92 bits per heavy atom. The first-order valence-electron chi connectivity index (χ1n) is 7.72. The van der Waals surface area contributed by atoms with Crippen LogP contribution in [0.15, 0.2) is 47.0 Å². The minimum absolute atomic E-state index is 0.179. The summed E-state index contributed by atoms with van der Waals surface area (Å²) in [6, 6.07) is 12.3. The van der Waals surface area contributed by atoms with E-state index in [4.69, 9.17) is 9.26 Å². The van der Waals surface area contributed by atoms with E-state index in [-0.39, 0.29) is 5.69 Å². The van der Waals surface area contributed by atoms with Crippen molar-refractivity contribution < 1.29 is 14.1 Å². The number of carbonyl (C=O) groups is 1. The molecule has 1 amide bonds. The topological polar surface area (TPSA) is 102 Å². The number of hydrogen-bond donors (Lipinski definition) is 2. The maximum Gasteiger partial charge on any atom is 0.277 e. The second-order valence-corrected chi connectivity index (χ2v) is 5.16. The Kier molecular flexibility index (Phi) is 4.89. The van der Waals surface area contributed by atoms with Crippen LogP contribution in [0.3, 0.4) is 0 Å². The molecule has 2 heterocycles. The Labute approximate surface area is 144 Å². The molecular formula is C17H17N5O3. The zero-order valence-corrected chi connectivity index (χ0v) is 13.8. The fourth-order valence-corrected chi connectivity index (χ4v) is 2.07. The third-order valence-corrected chi connectivity index (χ3v) is 3.20. The molecule has 25 heavy (non-hydrogen) atoms. The van der Waals surface area contributed by atoms with Gasteiger partial charge in [-0.2, -0.15) is 0 Å². The third kappa shape index (κ3) is 4.31. The Balaban J connectivity index is 1.62. The lowest BCUT2D eigenvalue weighted by Crippen LogP contribution is -2.14. The molecule has 2 aromatic heterocycles. The Morgan fingerprint density at radius 1 is 1.12 bits per heavy atom. The van der Waals surface area contributed by atoms with E-state index >= 15 is 0 Å². The highest BCUT2D eigenvalue weighted by Gasteiger charge is 2.11. The molecule has 0 radical (unpaired) electrons. The molecule has 0 aliphatic heterocycles. The molecular weight excluding hydrogens is 322 g/mol. The van der Waals surface area contributed by atoms with Crippen LogP contribution in [-0.4, -0.2) is 27.9 Å². The van der Waals surface area contributed by atoms with Gasteiger partial charge in [-0.1, -0.05) is 5.16 Å². The monoisotopic (exact) mass is 339 g/mol. The van der Waals surface area contributed by atoms with Gasteiger partial charge in [-0.05, 0) is 50.2 Å². The fraction of sp³-hybridized carbons (Fsp3) is 0.176. The zero-order chi connectivity index (χ0) is 17.6. The Bertz CT molecular complexity index is 843. The van der Waals surface area contributed by atoms with Crippen LogP contribution in [0.25, 0.3) is 0 Å². The lowest BCUT2D eigenvalue weighted by atomic mass is 10.3. The summed E-state index contributed by atoms with van der Waals surface area (Å²) >= 11 is 0. The second kappa shape index (κ2) is 7.43. The molecule has 3 aromatic rings. The summed E-state index contributed by atoms with van der Waals surface area (Å²) in [6.07, 6.45) is 0. The van der Waals surface area contributed by atoms with Crippen molar-refractivity contribution in [2.24, 2.45) is 0 Å². The van der Waals surface area contributed by atoms with Crippen LogP contribution >= 0.6 is 0 Å². The Hall–Kier alpha value is -3.42. The fourth-order valence-electron chi connectivity index (χ4n) is 2.07. The van der Waals surface area contributed by atoms with Gasteiger partial charge in [-0.15, -0.1) is 10.2 Å². The maximum atomic E-state index is 12.1. The van der Waals surface area contributed by atoms with E-state index in [0.29, 0.717) is 24.0 Å². The molecule has 3 rings (SSSR count). The molecule has 0 saturated heterocycles. The van der Waals surface area contributed by atoms with Crippen molar-refractivity contribution in [3.8, 4) is 5.75 Å². The number of aryl methyl sites for hydroxylation is 1. The van der Waals surface area contributed by atoms with Gasteiger partial charge in [0.2, 0.25) is 0 Å².